The zero-order valence-corrected chi connectivity index (χ0v) is 10.5. The van der Waals surface area contributed by atoms with Crippen LogP contribution in [0.5, 0.6) is 0 Å². The van der Waals surface area contributed by atoms with Gasteiger partial charge in [0, 0.05) is 11.8 Å². The molecule has 98 valence electrons. The van der Waals surface area contributed by atoms with Crippen molar-refractivity contribution in [2.75, 3.05) is 19.8 Å². The number of hydrogen-bond donors (Lipinski definition) is 0. The number of allylic oxidation sites excluding steroid dienone is 2. The SMILES string of the molecule is CCOC(=O)[C@H]1C[C@H]2C=CC=C[C@@H]1C21OCCO1. The molecule has 3 aliphatic rings. The Kier molecular flexibility index (Phi) is 2.99. The van der Waals surface area contributed by atoms with Gasteiger partial charge in [-0.1, -0.05) is 24.3 Å². The van der Waals surface area contributed by atoms with Gasteiger partial charge in [0.1, 0.15) is 0 Å². The monoisotopic (exact) mass is 250 g/mol. The van der Waals surface area contributed by atoms with E-state index in [0.717, 1.165) is 6.42 Å². The maximum atomic E-state index is 12.0. The zero-order chi connectivity index (χ0) is 12.6. The molecule has 4 nitrogen and oxygen atoms in total. The van der Waals surface area contributed by atoms with Crippen LogP contribution >= 0.6 is 0 Å². The van der Waals surface area contributed by atoms with Gasteiger partial charge in [0.25, 0.3) is 0 Å². The average molecular weight is 250 g/mol. The first kappa shape index (κ1) is 11.9. The van der Waals surface area contributed by atoms with E-state index in [-0.39, 0.29) is 23.7 Å². The van der Waals surface area contributed by atoms with Crippen LogP contribution in [0.15, 0.2) is 24.3 Å². The molecule has 18 heavy (non-hydrogen) atoms. The van der Waals surface area contributed by atoms with E-state index in [2.05, 4.69) is 6.08 Å². The standard InChI is InChI=1S/C14H18O4/c1-2-16-13(15)11-9-10-5-3-4-6-12(11)14(10)17-7-8-18-14/h3-6,10-12H,2,7-9H2,1H3/t10-,11+,12+/m1/s1. The van der Waals surface area contributed by atoms with Gasteiger partial charge < -0.3 is 14.2 Å². The van der Waals surface area contributed by atoms with Crippen LogP contribution in [0.1, 0.15) is 13.3 Å². The van der Waals surface area contributed by atoms with Crippen LogP contribution < -0.4 is 0 Å². The molecule has 1 spiro atoms. The van der Waals surface area contributed by atoms with Gasteiger partial charge in [-0.15, -0.1) is 0 Å². The summed E-state index contributed by atoms with van der Waals surface area (Å²) in [5, 5.41) is 0. The molecular weight excluding hydrogens is 232 g/mol. The average Bonchev–Trinajstić information content (AvgIpc) is 2.85. The Morgan fingerprint density at radius 2 is 2.06 bits per heavy atom. The molecule has 0 aromatic rings. The van der Waals surface area contributed by atoms with Crippen molar-refractivity contribution in [3.05, 3.63) is 24.3 Å². The van der Waals surface area contributed by atoms with Crippen molar-refractivity contribution in [1.82, 2.24) is 0 Å². The zero-order valence-electron chi connectivity index (χ0n) is 10.5. The second-order valence-electron chi connectivity index (χ2n) is 4.91. The lowest BCUT2D eigenvalue weighted by molar-refractivity contribution is -0.195. The molecule has 4 heteroatoms. The molecule has 0 radical (unpaired) electrons. The van der Waals surface area contributed by atoms with E-state index in [9.17, 15) is 4.79 Å². The molecule has 0 unspecified atom stereocenters. The van der Waals surface area contributed by atoms with Crippen LogP contribution in [0.25, 0.3) is 0 Å². The molecule has 1 heterocycles. The van der Waals surface area contributed by atoms with E-state index in [1.54, 1.807) is 0 Å². The predicted molar refractivity (Wildman–Crippen MR) is 64.6 cm³/mol. The van der Waals surface area contributed by atoms with Crippen molar-refractivity contribution in [1.29, 1.82) is 0 Å². The fourth-order valence-electron chi connectivity index (χ4n) is 3.32. The highest BCUT2D eigenvalue weighted by Crippen LogP contribution is 2.52. The molecule has 0 amide bonds. The Balaban J connectivity index is 1.91. The van der Waals surface area contributed by atoms with E-state index >= 15 is 0 Å². The highest BCUT2D eigenvalue weighted by molar-refractivity contribution is 5.74. The predicted octanol–water partition coefficient (Wildman–Crippen LogP) is 1.67. The molecule has 1 aliphatic heterocycles. The third-order valence-electron chi connectivity index (χ3n) is 4.02. The smallest absolute Gasteiger partial charge is 0.309 e. The van der Waals surface area contributed by atoms with Crippen molar-refractivity contribution < 1.29 is 19.0 Å². The number of carbonyl (C=O) groups is 1. The van der Waals surface area contributed by atoms with Gasteiger partial charge >= 0.3 is 5.97 Å². The summed E-state index contributed by atoms with van der Waals surface area (Å²) in [6.45, 7) is 3.45. The maximum absolute atomic E-state index is 12.0. The van der Waals surface area contributed by atoms with Gasteiger partial charge in [0.2, 0.25) is 0 Å². The minimum atomic E-state index is -0.638. The van der Waals surface area contributed by atoms with Crippen LogP contribution in [0.2, 0.25) is 0 Å². The molecule has 1 saturated heterocycles. The molecule has 3 rings (SSSR count). The van der Waals surface area contributed by atoms with E-state index in [4.69, 9.17) is 14.2 Å². The fraction of sp³-hybridized carbons (Fsp3) is 0.643. The molecule has 1 saturated carbocycles. The highest BCUT2D eigenvalue weighted by Gasteiger charge is 2.60. The largest absolute Gasteiger partial charge is 0.466 e. The summed E-state index contributed by atoms with van der Waals surface area (Å²) in [7, 11) is 0. The summed E-state index contributed by atoms with van der Waals surface area (Å²) < 4.78 is 16.9. The van der Waals surface area contributed by atoms with Gasteiger partial charge in [0.15, 0.2) is 5.79 Å². The van der Waals surface area contributed by atoms with E-state index in [0.29, 0.717) is 19.8 Å². The summed E-state index contributed by atoms with van der Waals surface area (Å²) in [5.41, 5.74) is 0. The first-order chi connectivity index (χ1) is 8.78. The van der Waals surface area contributed by atoms with Crippen molar-refractivity contribution in [3.63, 3.8) is 0 Å². The Hall–Kier alpha value is -1.13. The van der Waals surface area contributed by atoms with Crippen LogP contribution in [-0.2, 0) is 19.0 Å². The van der Waals surface area contributed by atoms with E-state index in [1.165, 1.54) is 0 Å². The lowest BCUT2D eigenvalue weighted by Gasteiger charge is -2.32. The van der Waals surface area contributed by atoms with Crippen LogP contribution in [0, 0.1) is 17.8 Å². The van der Waals surface area contributed by atoms with Gasteiger partial charge in [-0.25, -0.2) is 0 Å². The third kappa shape index (κ3) is 1.63. The van der Waals surface area contributed by atoms with Crippen LogP contribution in [0.4, 0.5) is 0 Å². The maximum Gasteiger partial charge on any atom is 0.309 e. The molecule has 2 bridgehead atoms. The lowest BCUT2D eigenvalue weighted by atomic mass is 9.92. The Bertz CT molecular complexity index is 393. The summed E-state index contributed by atoms with van der Waals surface area (Å²) >= 11 is 0. The lowest BCUT2D eigenvalue weighted by Crippen LogP contribution is -2.41. The van der Waals surface area contributed by atoms with Crippen molar-refractivity contribution in [2.24, 2.45) is 17.8 Å². The fourth-order valence-corrected chi connectivity index (χ4v) is 3.32. The quantitative estimate of drug-likeness (QED) is 0.699. The summed E-state index contributed by atoms with van der Waals surface area (Å²) in [6.07, 6.45) is 8.84. The van der Waals surface area contributed by atoms with Crippen molar-refractivity contribution in [3.8, 4) is 0 Å². The van der Waals surface area contributed by atoms with Gasteiger partial charge in [0.05, 0.1) is 25.7 Å². The first-order valence-electron chi connectivity index (χ1n) is 6.57. The highest BCUT2D eigenvalue weighted by atomic mass is 16.7. The Labute approximate surface area is 107 Å². The molecule has 2 fully saturated rings. The molecular formula is C14H18O4. The number of esters is 1. The summed E-state index contributed by atoms with van der Waals surface area (Å²) in [6, 6.07) is 0. The van der Waals surface area contributed by atoms with Crippen molar-refractivity contribution in [2.45, 2.75) is 19.1 Å². The second kappa shape index (κ2) is 4.52. The van der Waals surface area contributed by atoms with Crippen LogP contribution in [-0.4, -0.2) is 31.6 Å². The van der Waals surface area contributed by atoms with Crippen LogP contribution in [0.3, 0.4) is 0 Å². The van der Waals surface area contributed by atoms with Gasteiger partial charge in [-0.05, 0) is 13.3 Å². The number of carbonyl (C=O) groups excluding carboxylic acids is 1. The van der Waals surface area contributed by atoms with Gasteiger partial charge in [-0.2, -0.15) is 0 Å². The minimum absolute atomic E-state index is 0.0425. The molecule has 0 aromatic carbocycles. The Morgan fingerprint density at radius 3 is 2.78 bits per heavy atom. The number of ether oxygens (including phenoxy) is 3. The topological polar surface area (TPSA) is 44.8 Å². The molecule has 2 aliphatic carbocycles. The summed E-state index contributed by atoms with van der Waals surface area (Å²) in [5.74, 6) is -0.841. The number of hydrogen-bond acceptors (Lipinski definition) is 4. The van der Waals surface area contributed by atoms with E-state index < -0.39 is 5.79 Å². The van der Waals surface area contributed by atoms with Crippen molar-refractivity contribution >= 4 is 5.97 Å². The molecule has 0 aromatic heterocycles. The first-order valence-corrected chi connectivity index (χ1v) is 6.57. The molecule has 3 atom stereocenters. The van der Waals surface area contributed by atoms with E-state index in [1.807, 2.05) is 25.2 Å². The normalized spacial score (nSPS) is 35.9. The second-order valence-corrected chi connectivity index (χ2v) is 4.91. The number of rotatable bonds is 2. The Morgan fingerprint density at radius 1 is 1.33 bits per heavy atom. The van der Waals surface area contributed by atoms with Gasteiger partial charge in [-0.3, -0.25) is 4.79 Å². The third-order valence-corrected chi connectivity index (χ3v) is 4.02. The minimum Gasteiger partial charge on any atom is -0.466 e. The summed E-state index contributed by atoms with van der Waals surface area (Å²) in [4.78, 5) is 12.0. The molecule has 0 N–H and O–H groups in total.